The van der Waals surface area contributed by atoms with Crippen molar-refractivity contribution in [3.05, 3.63) is 52.6 Å². The van der Waals surface area contributed by atoms with E-state index in [1.54, 1.807) is 12.1 Å². The molecule has 0 aromatic carbocycles. The highest BCUT2D eigenvalue weighted by molar-refractivity contribution is 7.92. The Morgan fingerprint density at radius 2 is 2.11 bits per heavy atom. The van der Waals surface area contributed by atoms with Gasteiger partial charge >= 0.3 is 0 Å². The Morgan fingerprint density at radius 1 is 1.33 bits per heavy atom. The summed E-state index contributed by atoms with van der Waals surface area (Å²) in [5.74, 6) is 0.179. The van der Waals surface area contributed by atoms with Crippen molar-refractivity contribution in [2.24, 2.45) is 0 Å². The van der Waals surface area contributed by atoms with Crippen LogP contribution in [0.4, 0.5) is 5.82 Å². The smallest absolute Gasteiger partial charge is 0.268 e. The lowest BCUT2D eigenvalue weighted by atomic mass is 10.3. The molecular formula is C11H11N3O3S. The molecule has 2 aromatic rings. The van der Waals surface area contributed by atoms with Crippen LogP contribution in [0.3, 0.4) is 0 Å². The Kier molecular flexibility index (Phi) is 3.15. The summed E-state index contributed by atoms with van der Waals surface area (Å²) in [6.07, 6.45) is 4.00. The first-order valence-corrected chi connectivity index (χ1v) is 6.60. The molecule has 0 atom stereocenters. The first-order valence-electron chi connectivity index (χ1n) is 5.11. The highest BCUT2D eigenvalue weighted by atomic mass is 32.2. The number of rotatable bonds is 3. The largest absolute Gasteiger partial charge is 0.366 e. The molecule has 7 heteroatoms. The molecule has 0 aliphatic rings. The van der Waals surface area contributed by atoms with Gasteiger partial charge in [-0.15, -0.1) is 0 Å². The van der Waals surface area contributed by atoms with Gasteiger partial charge in [0, 0.05) is 24.7 Å². The maximum absolute atomic E-state index is 12.0. The van der Waals surface area contributed by atoms with Crippen LogP contribution in [0.1, 0.15) is 5.56 Å². The van der Waals surface area contributed by atoms with Crippen molar-refractivity contribution in [2.45, 2.75) is 11.8 Å². The summed E-state index contributed by atoms with van der Waals surface area (Å²) in [6.45, 7) is 1.81. The topological polar surface area (TPSA) is 91.9 Å². The normalized spacial score (nSPS) is 11.2. The second-order valence-electron chi connectivity index (χ2n) is 3.70. The fraction of sp³-hybridized carbons (Fsp3) is 0.0909. The van der Waals surface area contributed by atoms with E-state index in [4.69, 9.17) is 0 Å². The lowest BCUT2D eigenvalue weighted by Gasteiger charge is -2.06. The van der Waals surface area contributed by atoms with Crippen molar-refractivity contribution >= 4 is 15.8 Å². The molecular weight excluding hydrogens is 254 g/mol. The third-order valence-electron chi connectivity index (χ3n) is 2.23. The molecule has 2 rings (SSSR count). The highest BCUT2D eigenvalue weighted by Gasteiger charge is 2.18. The summed E-state index contributed by atoms with van der Waals surface area (Å²) in [7, 11) is -3.92. The van der Waals surface area contributed by atoms with Gasteiger partial charge < -0.3 is 4.98 Å². The van der Waals surface area contributed by atoms with E-state index in [1.807, 2.05) is 6.92 Å². The molecule has 94 valence electrons. The Labute approximate surface area is 104 Å². The molecule has 0 fully saturated rings. The summed E-state index contributed by atoms with van der Waals surface area (Å²) < 4.78 is 26.2. The molecule has 2 heterocycles. The van der Waals surface area contributed by atoms with Crippen LogP contribution < -0.4 is 10.2 Å². The van der Waals surface area contributed by atoms with Crippen LogP contribution in [0, 0.1) is 6.92 Å². The minimum Gasteiger partial charge on any atom is -0.366 e. The van der Waals surface area contributed by atoms with Gasteiger partial charge in [-0.05, 0) is 24.6 Å². The van der Waals surface area contributed by atoms with E-state index in [9.17, 15) is 13.2 Å². The quantitative estimate of drug-likeness (QED) is 0.861. The molecule has 0 radical (unpaired) electrons. The van der Waals surface area contributed by atoms with Crippen molar-refractivity contribution in [3.63, 3.8) is 0 Å². The zero-order chi connectivity index (χ0) is 13.2. The van der Waals surface area contributed by atoms with E-state index in [-0.39, 0.29) is 10.7 Å². The second-order valence-corrected chi connectivity index (χ2v) is 5.35. The Hall–Kier alpha value is -2.15. The van der Waals surface area contributed by atoms with Crippen molar-refractivity contribution in [2.75, 3.05) is 4.72 Å². The highest BCUT2D eigenvalue weighted by Crippen LogP contribution is 2.11. The van der Waals surface area contributed by atoms with Crippen molar-refractivity contribution in [3.8, 4) is 0 Å². The number of aromatic amines is 1. The van der Waals surface area contributed by atoms with E-state index < -0.39 is 15.5 Å². The fourth-order valence-electron chi connectivity index (χ4n) is 1.40. The molecule has 6 nitrogen and oxygen atoms in total. The van der Waals surface area contributed by atoms with Gasteiger partial charge in [0.15, 0.2) is 4.90 Å². The van der Waals surface area contributed by atoms with Gasteiger partial charge in [0.25, 0.3) is 10.0 Å². The van der Waals surface area contributed by atoms with Gasteiger partial charge in [-0.2, -0.15) is 0 Å². The van der Waals surface area contributed by atoms with Gasteiger partial charge in [0.05, 0.1) is 0 Å². The predicted molar refractivity (Wildman–Crippen MR) is 66.8 cm³/mol. The minimum atomic E-state index is -3.92. The molecule has 18 heavy (non-hydrogen) atoms. The summed E-state index contributed by atoms with van der Waals surface area (Å²) in [4.78, 5) is 17.6. The van der Waals surface area contributed by atoms with Gasteiger partial charge in [-0.3, -0.25) is 9.52 Å². The standard InChI is InChI=1S/C11H11N3O3S/c1-8-2-5-13-11(6-8)14-18(16,17)10-7-12-4-3-9(10)15/h2-7H,1H3,(H,12,15)(H,13,14). The maximum Gasteiger partial charge on any atom is 0.268 e. The van der Waals surface area contributed by atoms with Crippen LogP contribution in [-0.4, -0.2) is 18.4 Å². The van der Waals surface area contributed by atoms with E-state index in [0.717, 1.165) is 17.8 Å². The zero-order valence-corrected chi connectivity index (χ0v) is 10.4. The number of aryl methyl sites for hydroxylation is 1. The molecule has 0 spiro atoms. The predicted octanol–water partition coefficient (Wildman–Crippen LogP) is 0.879. The van der Waals surface area contributed by atoms with Crippen LogP contribution >= 0.6 is 0 Å². The van der Waals surface area contributed by atoms with E-state index >= 15 is 0 Å². The monoisotopic (exact) mass is 265 g/mol. The SMILES string of the molecule is Cc1ccnc(NS(=O)(=O)c2c[nH]ccc2=O)c1. The van der Waals surface area contributed by atoms with E-state index in [0.29, 0.717) is 0 Å². The van der Waals surface area contributed by atoms with Crippen LogP contribution in [0.25, 0.3) is 0 Å². The Balaban J connectivity index is 2.40. The lowest BCUT2D eigenvalue weighted by molar-refractivity contribution is 0.600. The minimum absolute atomic E-state index is 0.179. The number of nitrogens with one attached hydrogen (secondary N) is 2. The molecule has 2 aromatic heterocycles. The number of sulfonamides is 1. The van der Waals surface area contributed by atoms with Crippen LogP contribution in [-0.2, 0) is 10.0 Å². The van der Waals surface area contributed by atoms with Gasteiger partial charge in [-0.25, -0.2) is 13.4 Å². The van der Waals surface area contributed by atoms with E-state index in [1.165, 1.54) is 12.4 Å². The summed E-state index contributed by atoms with van der Waals surface area (Å²) in [5, 5.41) is 0. The molecule has 0 aliphatic carbocycles. The number of hydrogen-bond donors (Lipinski definition) is 2. The van der Waals surface area contributed by atoms with E-state index in [2.05, 4.69) is 14.7 Å². The van der Waals surface area contributed by atoms with Gasteiger partial charge in [-0.1, -0.05) is 0 Å². The zero-order valence-electron chi connectivity index (χ0n) is 9.54. The number of aromatic nitrogens is 2. The Bertz CT molecular complexity index is 722. The fourth-order valence-corrected chi connectivity index (χ4v) is 2.45. The summed E-state index contributed by atoms with van der Waals surface area (Å²) in [6, 6.07) is 4.47. The molecule has 0 amide bonds. The maximum atomic E-state index is 12.0. The first-order chi connectivity index (χ1) is 8.49. The average molecular weight is 265 g/mol. The number of nitrogens with zero attached hydrogens (tertiary/aromatic N) is 1. The third kappa shape index (κ3) is 2.57. The molecule has 0 saturated heterocycles. The Morgan fingerprint density at radius 3 is 2.78 bits per heavy atom. The van der Waals surface area contributed by atoms with Crippen LogP contribution in [0.15, 0.2) is 46.5 Å². The molecule has 2 N–H and O–H groups in total. The first kappa shape index (κ1) is 12.3. The molecule has 0 unspecified atom stereocenters. The van der Waals surface area contributed by atoms with Crippen LogP contribution in [0.2, 0.25) is 0 Å². The van der Waals surface area contributed by atoms with Crippen molar-refractivity contribution in [1.82, 2.24) is 9.97 Å². The lowest BCUT2D eigenvalue weighted by Crippen LogP contribution is -2.21. The van der Waals surface area contributed by atoms with Crippen molar-refractivity contribution < 1.29 is 8.42 Å². The summed E-state index contributed by atoms with van der Waals surface area (Å²) in [5.41, 5.74) is 0.290. The molecule has 0 aliphatic heterocycles. The number of hydrogen-bond acceptors (Lipinski definition) is 4. The average Bonchev–Trinajstić information content (AvgIpc) is 2.28. The number of pyridine rings is 2. The van der Waals surface area contributed by atoms with Gasteiger partial charge in [0.1, 0.15) is 5.82 Å². The number of H-pyrrole nitrogens is 1. The molecule has 0 saturated carbocycles. The van der Waals surface area contributed by atoms with Crippen LogP contribution in [0.5, 0.6) is 0 Å². The third-order valence-corrected chi connectivity index (χ3v) is 3.61. The van der Waals surface area contributed by atoms with Crippen molar-refractivity contribution in [1.29, 1.82) is 0 Å². The second kappa shape index (κ2) is 4.61. The summed E-state index contributed by atoms with van der Waals surface area (Å²) >= 11 is 0. The molecule has 0 bridgehead atoms. The number of anilines is 1. The van der Waals surface area contributed by atoms with Gasteiger partial charge in [0.2, 0.25) is 5.43 Å².